The van der Waals surface area contributed by atoms with E-state index in [0.717, 1.165) is 11.3 Å². The number of nitrogens with two attached hydrogens (primary N) is 1. The van der Waals surface area contributed by atoms with Gasteiger partial charge in [-0.1, -0.05) is 24.3 Å². The average Bonchev–Trinajstić information content (AvgIpc) is 2.95. The molecule has 3 rings (SSSR count). The van der Waals surface area contributed by atoms with Crippen LogP contribution in [0.4, 0.5) is 5.69 Å². The Hall–Kier alpha value is -2.82. The lowest BCUT2D eigenvalue weighted by Crippen LogP contribution is -1.95. The third-order valence-corrected chi connectivity index (χ3v) is 2.71. The molecular weight excluding hydrogens is 254 g/mol. The summed E-state index contributed by atoms with van der Waals surface area (Å²) < 4.78 is 11.1. The van der Waals surface area contributed by atoms with Crippen LogP contribution in [0.15, 0.2) is 59.0 Å². The first-order valence-corrected chi connectivity index (χ1v) is 6.17. The molecular formula is C15H13N3O2. The Balaban J connectivity index is 1.71. The van der Waals surface area contributed by atoms with Gasteiger partial charge in [0.25, 0.3) is 5.89 Å². The highest BCUT2D eigenvalue weighted by Gasteiger charge is 2.09. The Bertz CT molecular complexity index is 695. The highest BCUT2D eigenvalue weighted by molar-refractivity contribution is 5.59. The van der Waals surface area contributed by atoms with Crippen LogP contribution in [0.3, 0.4) is 0 Å². The maximum absolute atomic E-state index is 5.72. The van der Waals surface area contributed by atoms with Crippen LogP contribution >= 0.6 is 0 Å². The molecule has 2 N–H and O–H groups in total. The lowest BCUT2D eigenvalue weighted by molar-refractivity contribution is 0.264. The normalized spacial score (nSPS) is 10.4. The van der Waals surface area contributed by atoms with E-state index in [9.17, 15) is 0 Å². The summed E-state index contributed by atoms with van der Waals surface area (Å²) in [5.74, 6) is 1.62. The third kappa shape index (κ3) is 2.77. The number of nitrogens with zero attached hydrogens (tertiary/aromatic N) is 2. The average molecular weight is 267 g/mol. The van der Waals surface area contributed by atoms with Crippen LogP contribution in [0, 0.1) is 0 Å². The van der Waals surface area contributed by atoms with Gasteiger partial charge in [0.05, 0.1) is 0 Å². The number of hydrogen-bond donors (Lipinski definition) is 1. The fraction of sp³-hybridized carbons (Fsp3) is 0.0667. The Labute approximate surface area is 116 Å². The summed E-state index contributed by atoms with van der Waals surface area (Å²) in [5, 5.41) is 7.94. The van der Waals surface area contributed by atoms with Crippen LogP contribution < -0.4 is 10.5 Å². The van der Waals surface area contributed by atoms with E-state index in [1.165, 1.54) is 0 Å². The van der Waals surface area contributed by atoms with Crippen molar-refractivity contribution >= 4 is 5.69 Å². The molecule has 0 saturated carbocycles. The smallest absolute Gasteiger partial charge is 0.254 e. The van der Waals surface area contributed by atoms with E-state index in [2.05, 4.69) is 10.2 Å². The molecule has 1 heterocycles. The molecule has 0 radical (unpaired) electrons. The fourth-order valence-corrected chi connectivity index (χ4v) is 1.76. The van der Waals surface area contributed by atoms with Gasteiger partial charge in [0.1, 0.15) is 5.75 Å². The minimum atomic E-state index is 0.235. The zero-order valence-electron chi connectivity index (χ0n) is 10.7. The molecule has 3 aromatic rings. The predicted molar refractivity (Wildman–Crippen MR) is 74.9 cm³/mol. The minimum absolute atomic E-state index is 0.235. The van der Waals surface area contributed by atoms with Crippen molar-refractivity contribution in [2.24, 2.45) is 0 Å². The van der Waals surface area contributed by atoms with Gasteiger partial charge in [-0.3, -0.25) is 0 Å². The van der Waals surface area contributed by atoms with E-state index in [1.54, 1.807) is 12.1 Å². The highest BCUT2D eigenvalue weighted by atomic mass is 16.5. The van der Waals surface area contributed by atoms with Crippen molar-refractivity contribution < 1.29 is 9.15 Å². The molecule has 0 bridgehead atoms. The van der Waals surface area contributed by atoms with E-state index < -0.39 is 0 Å². The van der Waals surface area contributed by atoms with Gasteiger partial charge in [-0.05, 0) is 30.3 Å². The summed E-state index contributed by atoms with van der Waals surface area (Å²) in [6.07, 6.45) is 0. The molecule has 0 aliphatic rings. The van der Waals surface area contributed by atoms with E-state index in [4.69, 9.17) is 14.9 Å². The summed E-state index contributed by atoms with van der Waals surface area (Å²) in [6, 6.07) is 16.8. The predicted octanol–water partition coefficient (Wildman–Crippen LogP) is 2.90. The van der Waals surface area contributed by atoms with Gasteiger partial charge in [0.2, 0.25) is 5.89 Å². The Morgan fingerprint density at radius 1 is 1.00 bits per heavy atom. The maximum atomic E-state index is 5.72. The largest absolute Gasteiger partial charge is 0.484 e. The van der Waals surface area contributed by atoms with Gasteiger partial charge in [0.15, 0.2) is 6.61 Å². The molecule has 0 fully saturated rings. The number of rotatable bonds is 4. The van der Waals surface area contributed by atoms with E-state index >= 15 is 0 Å². The zero-order chi connectivity index (χ0) is 13.8. The summed E-state index contributed by atoms with van der Waals surface area (Å²) in [6.45, 7) is 0.235. The third-order valence-electron chi connectivity index (χ3n) is 2.71. The summed E-state index contributed by atoms with van der Waals surface area (Å²) in [5.41, 5.74) is 7.17. The van der Waals surface area contributed by atoms with Crippen LogP contribution in [0.25, 0.3) is 11.5 Å². The summed E-state index contributed by atoms with van der Waals surface area (Å²) >= 11 is 0. The lowest BCUT2D eigenvalue weighted by Gasteiger charge is -2.01. The van der Waals surface area contributed by atoms with Crippen LogP contribution in [-0.2, 0) is 6.61 Å². The van der Waals surface area contributed by atoms with Crippen molar-refractivity contribution in [3.63, 3.8) is 0 Å². The van der Waals surface area contributed by atoms with Gasteiger partial charge in [-0.15, -0.1) is 10.2 Å². The maximum Gasteiger partial charge on any atom is 0.254 e. The van der Waals surface area contributed by atoms with Crippen LogP contribution in [0.5, 0.6) is 5.75 Å². The number of para-hydroxylation sites is 1. The van der Waals surface area contributed by atoms with Gasteiger partial charge in [-0.25, -0.2) is 0 Å². The Morgan fingerprint density at radius 2 is 1.85 bits per heavy atom. The highest BCUT2D eigenvalue weighted by Crippen LogP contribution is 2.20. The number of hydrogen-bond acceptors (Lipinski definition) is 5. The second-order valence-electron chi connectivity index (χ2n) is 4.23. The molecule has 5 nitrogen and oxygen atoms in total. The first-order chi connectivity index (χ1) is 9.81. The number of nitrogen functional groups attached to an aromatic ring is 1. The van der Waals surface area contributed by atoms with Crippen molar-refractivity contribution in [2.75, 3.05) is 5.73 Å². The second kappa shape index (κ2) is 5.44. The fourth-order valence-electron chi connectivity index (χ4n) is 1.76. The molecule has 0 aliphatic heterocycles. The summed E-state index contributed by atoms with van der Waals surface area (Å²) in [7, 11) is 0. The molecule has 1 aromatic heterocycles. The number of ether oxygens (including phenoxy) is 1. The van der Waals surface area contributed by atoms with Crippen LogP contribution in [0.2, 0.25) is 0 Å². The molecule has 100 valence electrons. The van der Waals surface area contributed by atoms with Gasteiger partial charge < -0.3 is 14.9 Å². The molecule has 20 heavy (non-hydrogen) atoms. The second-order valence-corrected chi connectivity index (χ2v) is 4.23. The van der Waals surface area contributed by atoms with E-state index in [0.29, 0.717) is 17.5 Å². The van der Waals surface area contributed by atoms with Crippen molar-refractivity contribution in [1.82, 2.24) is 10.2 Å². The monoisotopic (exact) mass is 267 g/mol. The standard InChI is InChI=1S/C15H13N3O2/c16-12-6-4-5-11(9-12)15-18-17-14(20-15)10-19-13-7-2-1-3-8-13/h1-9H,10,16H2. The van der Waals surface area contributed by atoms with Crippen molar-refractivity contribution in [1.29, 1.82) is 0 Å². The number of aromatic nitrogens is 2. The first kappa shape index (κ1) is 12.2. The van der Waals surface area contributed by atoms with Gasteiger partial charge in [0, 0.05) is 11.3 Å². The van der Waals surface area contributed by atoms with Crippen molar-refractivity contribution in [2.45, 2.75) is 6.61 Å². The molecule has 0 unspecified atom stereocenters. The van der Waals surface area contributed by atoms with Crippen LogP contribution in [0.1, 0.15) is 5.89 Å². The van der Waals surface area contributed by atoms with Crippen LogP contribution in [-0.4, -0.2) is 10.2 Å². The number of benzene rings is 2. The van der Waals surface area contributed by atoms with Crippen molar-refractivity contribution in [3.05, 3.63) is 60.5 Å². The molecule has 0 atom stereocenters. The molecule has 0 saturated heterocycles. The quantitative estimate of drug-likeness (QED) is 0.736. The zero-order valence-corrected chi connectivity index (χ0v) is 10.7. The summed E-state index contributed by atoms with van der Waals surface area (Å²) in [4.78, 5) is 0. The topological polar surface area (TPSA) is 74.2 Å². The molecule has 0 aliphatic carbocycles. The number of anilines is 1. The molecule has 0 amide bonds. The molecule has 0 spiro atoms. The molecule has 5 heteroatoms. The van der Waals surface area contributed by atoms with E-state index in [1.807, 2.05) is 42.5 Å². The van der Waals surface area contributed by atoms with Crippen molar-refractivity contribution in [3.8, 4) is 17.2 Å². The SMILES string of the molecule is Nc1cccc(-c2nnc(COc3ccccc3)o2)c1. The van der Waals surface area contributed by atoms with Gasteiger partial charge >= 0.3 is 0 Å². The minimum Gasteiger partial charge on any atom is -0.484 e. The Morgan fingerprint density at radius 3 is 2.65 bits per heavy atom. The van der Waals surface area contributed by atoms with Gasteiger partial charge in [-0.2, -0.15) is 0 Å². The lowest BCUT2D eigenvalue weighted by atomic mass is 10.2. The molecule has 2 aromatic carbocycles. The van der Waals surface area contributed by atoms with E-state index in [-0.39, 0.29) is 6.61 Å². The first-order valence-electron chi connectivity index (χ1n) is 6.17. The Kier molecular flexibility index (Phi) is 3.33.